The van der Waals surface area contributed by atoms with E-state index in [1.165, 1.54) is 25.7 Å². The van der Waals surface area contributed by atoms with Crippen LogP contribution in [0.25, 0.3) is 0 Å². The van der Waals surface area contributed by atoms with E-state index in [0.29, 0.717) is 12.7 Å². The van der Waals surface area contributed by atoms with Crippen LogP contribution in [0.4, 0.5) is 0 Å². The van der Waals surface area contributed by atoms with Crippen molar-refractivity contribution in [3.8, 4) is 0 Å². The van der Waals surface area contributed by atoms with Gasteiger partial charge in [0.15, 0.2) is 0 Å². The summed E-state index contributed by atoms with van der Waals surface area (Å²) in [6, 6.07) is 0. The third kappa shape index (κ3) is 3.65. The molecular formula is C11H22O2. The number of ether oxygens (including phenoxy) is 1. The summed E-state index contributed by atoms with van der Waals surface area (Å²) in [5.74, 6) is 0. The second-order valence-corrected chi connectivity index (χ2v) is 5.12. The Kier molecular flexibility index (Phi) is 3.74. The second-order valence-electron chi connectivity index (χ2n) is 5.12. The fourth-order valence-electron chi connectivity index (χ4n) is 1.53. The van der Waals surface area contributed by atoms with Crippen molar-refractivity contribution in [2.24, 2.45) is 5.41 Å². The molecule has 0 saturated heterocycles. The number of rotatable bonds is 3. The molecule has 0 aromatic rings. The molecule has 0 aliphatic heterocycles. The first-order valence-electron chi connectivity index (χ1n) is 5.30. The summed E-state index contributed by atoms with van der Waals surface area (Å²) in [6.07, 6.45) is 5.01. The molecule has 0 amide bonds. The van der Waals surface area contributed by atoms with Crippen molar-refractivity contribution in [1.82, 2.24) is 0 Å². The molecule has 0 aromatic heterocycles. The molecule has 78 valence electrons. The van der Waals surface area contributed by atoms with Crippen LogP contribution in [-0.4, -0.2) is 23.9 Å². The molecule has 0 aromatic carbocycles. The number of hydrogen-bond donors (Lipinski definition) is 1. The van der Waals surface area contributed by atoms with Gasteiger partial charge in [-0.15, -0.1) is 0 Å². The van der Waals surface area contributed by atoms with E-state index in [-0.39, 0.29) is 11.5 Å². The Morgan fingerprint density at radius 3 is 2.31 bits per heavy atom. The molecule has 1 rings (SSSR count). The van der Waals surface area contributed by atoms with Gasteiger partial charge in [0.05, 0.1) is 18.8 Å². The predicted octanol–water partition coefficient (Wildman–Crippen LogP) is 2.35. The van der Waals surface area contributed by atoms with Crippen LogP contribution in [0.1, 0.15) is 46.5 Å². The molecule has 2 nitrogen and oxygen atoms in total. The van der Waals surface area contributed by atoms with E-state index in [2.05, 4.69) is 0 Å². The summed E-state index contributed by atoms with van der Waals surface area (Å²) in [5, 5.41) is 9.72. The molecule has 1 N–H and O–H groups in total. The van der Waals surface area contributed by atoms with E-state index in [1.54, 1.807) is 0 Å². The first-order chi connectivity index (χ1) is 6.00. The quantitative estimate of drug-likeness (QED) is 0.733. The van der Waals surface area contributed by atoms with Crippen molar-refractivity contribution in [3.05, 3.63) is 0 Å². The van der Waals surface area contributed by atoms with Crippen LogP contribution >= 0.6 is 0 Å². The molecule has 0 bridgehead atoms. The highest BCUT2D eigenvalue weighted by atomic mass is 16.5. The minimum absolute atomic E-state index is 0.0569. The van der Waals surface area contributed by atoms with Crippen LogP contribution in [0.5, 0.6) is 0 Å². The average Bonchev–Trinajstić information content (AvgIpc) is 2.50. The van der Waals surface area contributed by atoms with Crippen molar-refractivity contribution >= 4 is 0 Å². The molecule has 1 aliphatic rings. The van der Waals surface area contributed by atoms with E-state index in [9.17, 15) is 5.11 Å². The lowest BCUT2D eigenvalue weighted by Crippen LogP contribution is -2.32. The Balaban J connectivity index is 2.17. The smallest absolute Gasteiger partial charge is 0.0821 e. The topological polar surface area (TPSA) is 29.5 Å². The normalized spacial score (nSPS) is 22.2. The summed E-state index contributed by atoms with van der Waals surface area (Å²) in [4.78, 5) is 0. The summed E-state index contributed by atoms with van der Waals surface area (Å²) in [5.41, 5.74) is -0.0569. The summed E-state index contributed by atoms with van der Waals surface area (Å²) in [7, 11) is 0. The van der Waals surface area contributed by atoms with Gasteiger partial charge in [-0.2, -0.15) is 0 Å². The lowest BCUT2D eigenvalue weighted by atomic mass is 9.90. The summed E-state index contributed by atoms with van der Waals surface area (Å²) < 4.78 is 5.64. The van der Waals surface area contributed by atoms with E-state index in [4.69, 9.17) is 4.74 Å². The van der Waals surface area contributed by atoms with Gasteiger partial charge in [-0.1, -0.05) is 33.6 Å². The summed E-state index contributed by atoms with van der Waals surface area (Å²) >= 11 is 0. The Hall–Kier alpha value is -0.0800. The van der Waals surface area contributed by atoms with Gasteiger partial charge in [-0.05, 0) is 18.3 Å². The molecule has 1 unspecified atom stereocenters. The summed E-state index contributed by atoms with van der Waals surface area (Å²) in [6.45, 7) is 6.61. The van der Waals surface area contributed by atoms with Gasteiger partial charge >= 0.3 is 0 Å². The molecule has 0 radical (unpaired) electrons. The lowest BCUT2D eigenvalue weighted by molar-refractivity contribution is -0.0476. The number of aliphatic hydroxyl groups excluding tert-OH is 1. The average molecular weight is 186 g/mol. The van der Waals surface area contributed by atoms with Crippen LogP contribution < -0.4 is 0 Å². The zero-order valence-corrected chi connectivity index (χ0v) is 9.05. The molecule has 1 aliphatic carbocycles. The Morgan fingerprint density at radius 1 is 1.31 bits per heavy atom. The minimum atomic E-state index is -0.340. The van der Waals surface area contributed by atoms with Gasteiger partial charge < -0.3 is 9.84 Å². The zero-order chi connectivity index (χ0) is 9.90. The number of hydrogen-bond acceptors (Lipinski definition) is 2. The van der Waals surface area contributed by atoms with Crippen molar-refractivity contribution in [1.29, 1.82) is 0 Å². The molecule has 1 saturated carbocycles. The highest BCUT2D eigenvalue weighted by Crippen LogP contribution is 2.24. The highest BCUT2D eigenvalue weighted by Gasteiger charge is 2.24. The molecular weight excluding hydrogens is 164 g/mol. The van der Waals surface area contributed by atoms with Gasteiger partial charge in [0.25, 0.3) is 0 Å². The molecule has 1 atom stereocenters. The monoisotopic (exact) mass is 186 g/mol. The van der Waals surface area contributed by atoms with Crippen molar-refractivity contribution < 1.29 is 9.84 Å². The van der Waals surface area contributed by atoms with Crippen LogP contribution in [0.15, 0.2) is 0 Å². The van der Waals surface area contributed by atoms with Gasteiger partial charge in [0.2, 0.25) is 0 Å². The minimum Gasteiger partial charge on any atom is -0.390 e. The maximum absolute atomic E-state index is 9.72. The maximum Gasteiger partial charge on any atom is 0.0821 e. The highest BCUT2D eigenvalue weighted by molar-refractivity contribution is 4.74. The van der Waals surface area contributed by atoms with E-state index < -0.39 is 0 Å². The van der Waals surface area contributed by atoms with E-state index in [1.807, 2.05) is 20.8 Å². The Bertz CT molecular complexity index is 143. The SMILES string of the molecule is CC(C)(C)C(O)COC1CCCC1. The van der Waals surface area contributed by atoms with Gasteiger partial charge in [-0.3, -0.25) is 0 Å². The molecule has 2 heteroatoms. The van der Waals surface area contributed by atoms with Crippen LogP contribution in [-0.2, 0) is 4.74 Å². The van der Waals surface area contributed by atoms with Gasteiger partial charge in [-0.25, -0.2) is 0 Å². The van der Waals surface area contributed by atoms with Gasteiger partial charge in [0, 0.05) is 0 Å². The lowest BCUT2D eigenvalue weighted by Gasteiger charge is -2.26. The zero-order valence-electron chi connectivity index (χ0n) is 9.05. The van der Waals surface area contributed by atoms with E-state index in [0.717, 1.165) is 0 Å². The predicted molar refractivity (Wildman–Crippen MR) is 53.7 cm³/mol. The van der Waals surface area contributed by atoms with Crippen molar-refractivity contribution in [3.63, 3.8) is 0 Å². The molecule has 1 fully saturated rings. The number of aliphatic hydroxyl groups is 1. The second kappa shape index (κ2) is 4.43. The van der Waals surface area contributed by atoms with Crippen LogP contribution in [0.3, 0.4) is 0 Å². The molecule has 13 heavy (non-hydrogen) atoms. The van der Waals surface area contributed by atoms with Gasteiger partial charge in [0.1, 0.15) is 0 Å². The first kappa shape index (κ1) is 11.0. The van der Waals surface area contributed by atoms with Crippen molar-refractivity contribution in [2.45, 2.75) is 58.7 Å². The first-order valence-corrected chi connectivity index (χ1v) is 5.30. The van der Waals surface area contributed by atoms with Crippen molar-refractivity contribution in [2.75, 3.05) is 6.61 Å². The van der Waals surface area contributed by atoms with Crippen LogP contribution in [0.2, 0.25) is 0 Å². The Morgan fingerprint density at radius 2 is 1.85 bits per heavy atom. The standard InChI is InChI=1S/C11H22O2/c1-11(2,3)10(12)8-13-9-6-4-5-7-9/h9-10,12H,4-8H2,1-3H3. The van der Waals surface area contributed by atoms with E-state index >= 15 is 0 Å². The van der Waals surface area contributed by atoms with Crippen LogP contribution in [0, 0.1) is 5.41 Å². The third-order valence-corrected chi connectivity index (χ3v) is 2.79. The third-order valence-electron chi connectivity index (χ3n) is 2.79. The molecule has 0 heterocycles. The largest absolute Gasteiger partial charge is 0.390 e. The fourth-order valence-corrected chi connectivity index (χ4v) is 1.53. The Labute approximate surface area is 81.3 Å². The maximum atomic E-state index is 9.72. The molecule has 0 spiro atoms. The fraction of sp³-hybridized carbons (Fsp3) is 1.00.